The number of nitrogens with zero attached hydrogens (tertiary/aromatic N) is 1. The highest BCUT2D eigenvalue weighted by Crippen LogP contribution is 2.16. The molecule has 0 N–H and O–H groups in total. The minimum absolute atomic E-state index is 0.0330. The number of rotatable bonds is 7. The molecule has 120 valence electrons. The van der Waals surface area contributed by atoms with Crippen LogP contribution >= 0.6 is 0 Å². The minimum atomic E-state index is 0.0330. The summed E-state index contributed by atoms with van der Waals surface area (Å²) in [6, 6.07) is 17.8. The van der Waals surface area contributed by atoms with Crippen LogP contribution in [0.2, 0.25) is 0 Å². The second-order valence-electron chi connectivity index (χ2n) is 5.19. The maximum absolute atomic E-state index is 12.0. The Balaban J connectivity index is 1.98. The molecule has 0 heterocycles. The summed E-state index contributed by atoms with van der Waals surface area (Å²) < 4.78 is 5.80. The van der Waals surface area contributed by atoms with Crippen LogP contribution < -0.4 is 4.74 Å². The van der Waals surface area contributed by atoms with Gasteiger partial charge in [0.05, 0.1) is 0 Å². The Morgan fingerprint density at radius 2 is 1.78 bits per heavy atom. The number of amides is 1. The monoisotopic (exact) mass is 309 g/mol. The molecule has 0 saturated carbocycles. The molecule has 0 bridgehead atoms. The number of ether oxygens (including phenoxy) is 1. The smallest absolute Gasteiger partial charge is 0.246 e. The first kappa shape index (κ1) is 16.8. The molecule has 0 atom stereocenters. The number of likely N-dealkylation sites (N-methyl/N-ethyl adjacent to an activating group) is 1. The summed E-state index contributed by atoms with van der Waals surface area (Å²) >= 11 is 0. The molecule has 0 unspecified atom stereocenters. The summed E-state index contributed by atoms with van der Waals surface area (Å²) in [6.07, 6.45) is 3.44. The average Bonchev–Trinajstić information content (AvgIpc) is 2.60. The fourth-order valence-electron chi connectivity index (χ4n) is 2.26. The van der Waals surface area contributed by atoms with Gasteiger partial charge in [0.25, 0.3) is 0 Å². The second-order valence-corrected chi connectivity index (χ2v) is 5.19. The van der Waals surface area contributed by atoms with Crippen molar-refractivity contribution in [2.45, 2.75) is 20.5 Å². The van der Waals surface area contributed by atoms with Crippen LogP contribution in [-0.4, -0.2) is 23.9 Å². The van der Waals surface area contributed by atoms with Gasteiger partial charge in [0.2, 0.25) is 5.91 Å². The molecular weight excluding hydrogens is 286 g/mol. The van der Waals surface area contributed by atoms with Crippen molar-refractivity contribution in [3.05, 3.63) is 71.8 Å². The molecule has 0 aliphatic heterocycles. The van der Waals surface area contributed by atoms with Crippen LogP contribution in [0, 0.1) is 0 Å². The van der Waals surface area contributed by atoms with Gasteiger partial charge in [-0.3, -0.25) is 4.79 Å². The van der Waals surface area contributed by atoms with Crippen molar-refractivity contribution in [2.24, 2.45) is 0 Å². The highest BCUT2D eigenvalue weighted by Gasteiger charge is 2.04. The number of carbonyl (C=O) groups is 1. The molecule has 0 fully saturated rings. The SMILES string of the molecule is CCN(CC)C(=O)C=Cc1cccc(OCc2ccccc2)c1. The van der Waals surface area contributed by atoms with Crippen LogP contribution in [0.15, 0.2) is 60.7 Å². The van der Waals surface area contributed by atoms with E-state index in [1.54, 1.807) is 11.0 Å². The summed E-state index contributed by atoms with van der Waals surface area (Å²) in [7, 11) is 0. The number of hydrogen-bond acceptors (Lipinski definition) is 2. The molecular formula is C20H23NO2. The van der Waals surface area contributed by atoms with Crippen molar-refractivity contribution in [3.8, 4) is 5.75 Å². The lowest BCUT2D eigenvalue weighted by Crippen LogP contribution is -2.28. The van der Waals surface area contributed by atoms with Gasteiger partial charge in [-0.15, -0.1) is 0 Å². The summed E-state index contributed by atoms with van der Waals surface area (Å²) in [6.45, 7) is 5.94. The van der Waals surface area contributed by atoms with E-state index in [2.05, 4.69) is 0 Å². The molecule has 0 radical (unpaired) electrons. The second kappa shape index (κ2) is 8.79. The zero-order valence-corrected chi connectivity index (χ0v) is 13.7. The van der Waals surface area contributed by atoms with Gasteiger partial charge in [-0.2, -0.15) is 0 Å². The third kappa shape index (κ3) is 5.29. The van der Waals surface area contributed by atoms with E-state index in [9.17, 15) is 4.79 Å². The van der Waals surface area contributed by atoms with Gasteiger partial charge in [0.15, 0.2) is 0 Å². The van der Waals surface area contributed by atoms with E-state index in [4.69, 9.17) is 4.74 Å². The Morgan fingerprint density at radius 3 is 2.48 bits per heavy atom. The molecule has 2 aromatic rings. The highest BCUT2D eigenvalue weighted by molar-refractivity contribution is 5.91. The largest absolute Gasteiger partial charge is 0.489 e. The Labute approximate surface area is 138 Å². The van der Waals surface area contributed by atoms with E-state index in [0.29, 0.717) is 6.61 Å². The van der Waals surface area contributed by atoms with Gasteiger partial charge in [0.1, 0.15) is 12.4 Å². The molecule has 0 saturated heterocycles. The third-order valence-corrected chi connectivity index (χ3v) is 3.60. The summed E-state index contributed by atoms with van der Waals surface area (Å²) in [4.78, 5) is 13.8. The van der Waals surface area contributed by atoms with Crippen LogP contribution in [-0.2, 0) is 11.4 Å². The van der Waals surface area contributed by atoms with E-state index in [1.165, 1.54) is 0 Å². The standard InChI is InChI=1S/C20H23NO2/c1-3-21(4-2)20(22)14-13-17-11-8-12-19(15-17)23-16-18-9-6-5-7-10-18/h5-15H,3-4,16H2,1-2H3. The van der Waals surface area contributed by atoms with Gasteiger partial charge in [0, 0.05) is 19.2 Å². The molecule has 2 rings (SSSR count). The Kier molecular flexibility index (Phi) is 6.42. The molecule has 23 heavy (non-hydrogen) atoms. The fourth-order valence-corrected chi connectivity index (χ4v) is 2.26. The molecule has 3 nitrogen and oxygen atoms in total. The van der Waals surface area contributed by atoms with Crippen molar-refractivity contribution < 1.29 is 9.53 Å². The van der Waals surface area contributed by atoms with Crippen molar-refractivity contribution in [1.29, 1.82) is 0 Å². The molecule has 1 amide bonds. The zero-order chi connectivity index (χ0) is 16.5. The molecule has 0 spiro atoms. The van der Waals surface area contributed by atoms with Crippen LogP contribution in [0.4, 0.5) is 0 Å². The van der Waals surface area contributed by atoms with E-state index in [1.807, 2.05) is 74.5 Å². The summed E-state index contributed by atoms with van der Waals surface area (Å²) in [5.74, 6) is 0.830. The first-order valence-corrected chi connectivity index (χ1v) is 7.96. The molecule has 3 heteroatoms. The minimum Gasteiger partial charge on any atom is -0.489 e. The van der Waals surface area contributed by atoms with Gasteiger partial charge in [-0.25, -0.2) is 0 Å². The highest BCUT2D eigenvalue weighted by atomic mass is 16.5. The predicted molar refractivity (Wildman–Crippen MR) is 94.2 cm³/mol. The van der Waals surface area contributed by atoms with Crippen LogP contribution in [0.1, 0.15) is 25.0 Å². The van der Waals surface area contributed by atoms with E-state index < -0.39 is 0 Å². The molecule has 0 aliphatic rings. The molecule has 2 aromatic carbocycles. The van der Waals surface area contributed by atoms with Crippen LogP contribution in [0.3, 0.4) is 0 Å². The van der Waals surface area contributed by atoms with E-state index >= 15 is 0 Å². The van der Waals surface area contributed by atoms with Gasteiger partial charge < -0.3 is 9.64 Å². The number of carbonyl (C=O) groups excluding carboxylic acids is 1. The topological polar surface area (TPSA) is 29.5 Å². The number of hydrogen-bond donors (Lipinski definition) is 0. The summed E-state index contributed by atoms with van der Waals surface area (Å²) in [5.41, 5.74) is 2.08. The Morgan fingerprint density at radius 1 is 1.04 bits per heavy atom. The van der Waals surface area contributed by atoms with Gasteiger partial charge in [-0.05, 0) is 43.2 Å². The van der Waals surface area contributed by atoms with Crippen molar-refractivity contribution in [2.75, 3.05) is 13.1 Å². The van der Waals surface area contributed by atoms with Crippen molar-refractivity contribution in [1.82, 2.24) is 4.90 Å². The molecule has 0 aliphatic carbocycles. The molecule has 0 aromatic heterocycles. The van der Waals surface area contributed by atoms with Gasteiger partial charge in [-0.1, -0.05) is 42.5 Å². The predicted octanol–water partition coefficient (Wildman–Crippen LogP) is 4.15. The maximum Gasteiger partial charge on any atom is 0.246 e. The Bertz CT molecular complexity index is 646. The van der Waals surface area contributed by atoms with E-state index in [0.717, 1.165) is 30.0 Å². The van der Waals surface area contributed by atoms with Crippen molar-refractivity contribution in [3.63, 3.8) is 0 Å². The lowest BCUT2D eigenvalue weighted by atomic mass is 10.2. The Hall–Kier alpha value is -2.55. The van der Waals surface area contributed by atoms with E-state index in [-0.39, 0.29) is 5.91 Å². The zero-order valence-electron chi connectivity index (χ0n) is 13.7. The lowest BCUT2D eigenvalue weighted by Gasteiger charge is -2.15. The quantitative estimate of drug-likeness (QED) is 0.719. The van der Waals surface area contributed by atoms with Crippen LogP contribution in [0.25, 0.3) is 6.08 Å². The van der Waals surface area contributed by atoms with Crippen molar-refractivity contribution >= 4 is 12.0 Å². The normalized spacial score (nSPS) is 10.7. The first-order valence-electron chi connectivity index (χ1n) is 7.96. The fraction of sp³-hybridized carbons (Fsp3) is 0.250. The lowest BCUT2D eigenvalue weighted by molar-refractivity contribution is -0.125. The average molecular weight is 309 g/mol. The number of benzene rings is 2. The first-order chi connectivity index (χ1) is 11.2. The third-order valence-electron chi connectivity index (χ3n) is 3.60. The summed E-state index contributed by atoms with van der Waals surface area (Å²) in [5, 5.41) is 0. The maximum atomic E-state index is 12.0. The van der Waals surface area contributed by atoms with Crippen LogP contribution in [0.5, 0.6) is 5.75 Å². The van der Waals surface area contributed by atoms with Gasteiger partial charge >= 0.3 is 0 Å².